The zero-order valence-corrected chi connectivity index (χ0v) is 11.3. The lowest BCUT2D eigenvalue weighted by Crippen LogP contribution is -2.11. The third kappa shape index (κ3) is 2.95. The van der Waals surface area contributed by atoms with Gasteiger partial charge in [-0.05, 0) is 19.4 Å². The van der Waals surface area contributed by atoms with Crippen LogP contribution in [-0.2, 0) is 0 Å². The Morgan fingerprint density at radius 1 is 1.50 bits per heavy atom. The molecule has 5 nitrogen and oxygen atoms in total. The molecule has 0 bridgehead atoms. The van der Waals surface area contributed by atoms with Crippen molar-refractivity contribution < 1.29 is 0 Å². The zero-order valence-electron chi connectivity index (χ0n) is 10.5. The summed E-state index contributed by atoms with van der Waals surface area (Å²) < 4.78 is 0. The first-order chi connectivity index (χ1) is 8.70. The summed E-state index contributed by atoms with van der Waals surface area (Å²) in [5.74, 6) is 0. The lowest BCUT2D eigenvalue weighted by molar-refractivity contribution is 0.833. The van der Waals surface area contributed by atoms with Crippen LogP contribution in [0.3, 0.4) is 0 Å². The molecule has 0 aliphatic carbocycles. The van der Waals surface area contributed by atoms with Crippen molar-refractivity contribution in [3.63, 3.8) is 0 Å². The molecule has 0 fully saturated rings. The van der Waals surface area contributed by atoms with E-state index >= 15 is 0 Å². The first kappa shape index (κ1) is 12.8. The van der Waals surface area contributed by atoms with Crippen molar-refractivity contribution in [1.82, 2.24) is 15.2 Å². The Bertz CT molecular complexity index is 575. The molecule has 2 rings (SSSR count). The summed E-state index contributed by atoms with van der Waals surface area (Å²) in [6.07, 6.45) is 2.26. The van der Waals surface area contributed by atoms with Crippen molar-refractivity contribution in [2.24, 2.45) is 0 Å². The first-order valence-electron chi connectivity index (χ1n) is 5.97. The van der Waals surface area contributed by atoms with Crippen LogP contribution in [0.25, 0.3) is 11.3 Å². The molecule has 0 atom stereocenters. The number of unbranched alkanes of at least 4 members (excludes halogenated alkanes) is 1. The minimum atomic E-state index is -0.203. The van der Waals surface area contributed by atoms with Crippen molar-refractivity contribution in [2.75, 3.05) is 11.9 Å². The maximum absolute atomic E-state index is 11.7. The Hall–Kier alpha value is -1.69. The van der Waals surface area contributed by atoms with Crippen LogP contribution in [0, 0.1) is 6.92 Å². The van der Waals surface area contributed by atoms with E-state index in [1.807, 2.05) is 12.3 Å². The molecular formula is C12H16N4OS. The molecule has 0 aliphatic rings. The SMILES string of the molecule is CCCCNc1nc(-c2cc(C)n[nH]c2=O)cs1. The van der Waals surface area contributed by atoms with Crippen LogP contribution in [0.5, 0.6) is 0 Å². The van der Waals surface area contributed by atoms with Gasteiger partial charge in [0.2, 0.25) is 0 Å². The summed E-state index contributed by atoms with van der Waals surface area (Å²) >= 11 is 1.51. The number of nitrogens with one attached hydrogen (secondary N) is 2. The molecule has 2 aromatic rings. The molecule has 0 saturated carbocycles. The second-order valence-electron chi connectivity index (χ2n) is 4.07. The summed E-state index contributed by atoms with van der Waals surface area (Å²) in [4.78, 5) is 16.1. The number of aryl methyl sites for hydroxylation is 1. The van der Waals surface area contributed by atoms with Crippen molar-refractivity contribution in [1.29, 1.82) is 0 Å². The van der Waals surface area contributed by atoms with Gasteiger partial charge in [-0.15, -0.1) is 11.3 Å². The highest BCUT2D eigenvalue weighted by Gasteiger charge is 2.08. The molecule has 18 heavy (non-hydrogen) atoms. The summed E-state index contributed by atoms with van der Waals surface area (Å²) in [5, 5.41) is 12.3. The number of aromatic amines is 1. The number of nitrogens with zero attached hydrogens (tertiary/aromatic N) is 2. The molecule has 0 aromatic carbocycles. The van der Waals surface area contributed by atoms with Crippen LogP contribution in [0.2, 0.25) is 0 Å². The monoisotopic (exact) mass is 264 g/mol. The quantitative estimate of drug-likeness (QED) is 0.814. The fraction of sp³-hybridized carbons (Fsp3) is 0.417. The van der Waals surface area contributed by atoms with E-state index in [9.17, 15) is 4.79 Å². The second kappa shape index (κ2) is 5.77. The molecule has 0 radical (unpaired) electrons. The van der Waals surface area contributed by atoms with Crippen molar-refractivity contribution >= 4 is 16.5 Å². The molecule has 6 heteroatoms. The molecule has 0 amide bonds. The van der Waals surface area contributed by atoms with E-state index in [0.29, 0.717) is 11.3 Å². The van der Waals surface area contributed by atoms with Gasteiger partial charge in [0.15, 0.2) is 5.13 Å². The van der Waals surface area contributed by atoms with Crippen LogP contribution >= 0.6 is 11.3 Å². The van der Waals surface area contributed by atoms with Crippen LogP contribution in [0.4, 0.5) is 5.13 Å². The van der Waals surface area contributed by atoms with E-state index in [4.69, 9.17) is 0 Å². The number of H-pyrrole nitrogens is 1. The Kier molecular flexibility index (Phi) is 4.09. The fourth-order valence-corrected chi connectivity index (χ4v) is 2.29. The van der Waals surface area contributed by atoms with Crippen molar-refractivity contribution in [3.8, 4) is 11.3 Å². The molecule has 0 aliphatic heterocycles. The van der Waals surface area contributed by atoms with E-state index < -0.39 is 0 Å². The van der Waals surface area contributed by atoms with Crippen molar-refractivity contribution in [3.05, 3.63) is 27.5 Å². The minimum absolute atomic E-state index is 0.203. The third-order valence-corrected chi connectivity index (χ3v) is 3.32. The van der Waals surface area contributed by atoms with E-state index in [1.165, 1.54) is 11.3 Å². The highest BCUT2D eigenvalue weighted by Crippen LogP contribution is 2.22. The first-order valence-corrected chi connectivity index (χ1v) is 6.84. The topological polar surface area (TPSA) is 70.7 Å². The maximum Gasteiger partial charge on any atom is 0.273 e. The van der Waals surface area contributed by atoms with Crippen LogP contribution in [0.1, 0.15) is 25.5 Å². The normalized spacial score (nSPS) is 10.6. The maximum atomic E-state index is 11.7. The molecule has 2 N–H and O–H groups in total. The van der Waals surface area contributed by atoms with Gasteiger partial charge in [-0.3, -0.25) is 4.79 Å². The summed E-state index contributed by atoms with van der Waals surface area (Å²) in [6, 6.07) is 1.75. The summed E-state index contributed by atoms with van der Waals surface area (Å²) in [5.41, 5.74) is 1.84. The van der Waals surface area contributed by atoms with Gasteiger partial charge < -0.3 is 5.32 Å². The largest absolute Gasteiger partial charge is 0.362 e. The molecule has 96 valence electrons. The van der Waals surface area contributed by atoms with Crippen LogP contribution < -0.4 is 10.9 Å². The van der Waals surface area contributed by atoms with E-state index in [-0.39, 0.29) is 5.56 Å². The van der Waals surface area contributed by atoms with Gasteiger partial charge in [0.1, 0.15) is 0 Å². The standard InChI is InChI=1S/C12H16N4OS/c1-3-4-5-13-12-14-10(7-18-12)9-6-8(2)15-16-11(9)17/h6-7H,3-5H2,1-2H3,(H,13,14)(H,16,17). The smallest absolute Gasteiger partial charge is 0.273 e. The number of rotatable bonds is 5. The Morgan fingerprint density at radius 2 is 2.33 bits per heavy atom. The zero-order chi connectivity index (χ0) is 13.0. The Labute approximate surface area is 109 Å². The van der Waals surface area contributed by atoms with Crippen LogP contribution in [0.15, 0.2) is 16.2 Å². The van der Waals surface area contributed by atoms with Crippen molar-refractivity contribution in [2.45, 2.75) is 26.7 Å². The molecule has 2 aromatic heterocycles. The molecule has 0 unspecified atom stereocenters. The Morgan fingerprint density at radius 3 is 3.11 bits per heavy atom. The number of anilines is 1. The number of hydrogen-bond acceptors (Lipinski definition) is 5. The van der Waals surface area contributed by atoms with Gasteiger partial charge in [0.05, 0.1) is 17.0 Å². The molecule has 0 saturated heterocycles. The minimum Gasteiger partial charge on any atom is -0.362 e. The predicted octanol–water partition coefficient (Wildman–Crippen LogP) is 2.41. The second-order valence-corrected chi connectivity index (χ2v) is 4.93. The fourth-order valence-electron chi connectivity index (χ4n) is 1.55. The molecule has 0 spiro atoms. The van der Waals surface area contributed by atoms with Gasteiger partial charge in [0, 0.05) is 11.9 Å². The van der Waals surface area contributed by atoms with Gasteiger partial charge in [-0.25, -0.2) is 10.1 Å². The highest BCUT2D eigenvalue weighted by atomic mass is 32.1. The average Bonchev–Trinajstić information content (AvgIpc) is 2.81. The number of thiazole rings is 1. The number of aromatic nitrogens is 3. The van der Waals surface area contributed by atoms with Gasteiger partial charge in [-0.1, -0.05) is 13.3 Å². The summed E-state index contributed by atoms with van der Waals surface area (Å²) in [6.45, 7) is 4.90. The van der Waals surface area contributed by atoms with E-state index in [2.05, 4.69) is 27.4 Å². The van der Waals surface area contributed by atoms with Gasteiger partial charge in [-0.2, -0.15) is 5.10 Å². The van der Waals surface area contributed by atoms with Gasteiger partial charge >= 0.3 is 0 Å². The highest BCUT2D eigenvalue weighted by molar-refractivity contribution is 7.14. The Balaban J connectivity index is 2.19. The predicted molar refractivity (Wildman–Crippen MR) is 74.1 cm³/mol. The third-order valence-electron chi connectivity index (χ3n) is 2.52. The molecular weight excluding hydrogens is 248 g/mol. The average molecular weight is 264 g/mol. The van der Waals surface area contributed by atoms with Gasteiger partial charge in [0.25, 0.3) is 5.56 Å². The lowest BCUT2D eigenvalue weighted by atomic mass is 10.2. The molecule has 2 heterocycles. The number of hydrogen-bond donors (Lipinski definition) is 2. The summed E-state index contributed by atoms with van der Waals surface area (Å²) in [7, 11) is 0. The van der Waals surface area contributed by atoms with E-state index in [1.54, 1.807) is 6.07 Å². The van der Waals surface area contributed by atoms with Crippen LogP contribution in [-0.4, -0.2) is 21.7 Å². The van der Waals surface area contributed by atoms with E-state index in [0.717, 1.165) is 30.2 Å². The lowest BCUT2D eigenvalue weighted by Gasteiger charge is -1.99.